The van der Waals surface area contributed by atoms with E-state index >= 15 is 0 Å². The van der Waals surface area contributed by atoms with Gasteiger partial charge >= 0.3 is 0 Å². The number of benzene rings is 1. The van der Waals surface area contributed by atoms with Crippen molar-refractivity contribution in [1.82, 2.24) is 5.32 Å². The first-order valence-corrected chi connectivity index (χ1v) is 7.88. The molecule has 102 valence electrons. The largest absolute Gasteiger partial charge is 0.396 e. The van der Waals surface area contributed by atoms with Gasteiger partial charge in [-0.3, -0.25) is 0 Å². The summed E-state index contributed by atoms with van der Waals surface area (Å²) in [7, 11) is -3.13. The van der Waals surface area contributed by atoms with Crippen LogP contribution in [-0.4, -0.2) is 32.9 Å². The molecule has 0 aliphatic carbocycles. The van der Waals surface area contributed by atoms with Crippen LogP contribution in [0.3, 0.4) is 0 Å². The van der Waals surface area contributed by atoms with E-state index in [4.69, 9.17) is 5.11 Å². The summed E-state index contributed by atoms with van der Waals surface area (Å²) >= 11 is 0. The number of rotatable bonds is 6. The van der Waals surface area contributed by atoms with Crippen molar-refractivity contribution in [3.05, 3.63) is 29.8 Å². The fraction of sp³-hybridized carbons (Fsp3) is 0.538. The number of aliphatic hydroxyl groups is 1. The molecule has 0 aliphatic rings. The molecule has 0 heterocycles. The van der Waals surface area contributed by atoms with Crippen LogP contribution in [0.4, 0.5) is 0 Å². The highest BCUT2D eigenvalue weighted by Gasteiger charge is 2.10. The number of nitrogens with one attached hydrogen (secondary N) is 1. The Hall–Kier alpha value is -0.910. The number of sulfone groups is 1. The third-order valence-electron chi connectivity index (χ3n) is 2.89. The van der Waals surface area contributed by atoms with Gasteiger partial charge in [0.05, 0.1) is 4.90 Å². The maximum atomic E-state index is 11.3. The first kappa shape index (κ1) is 15.1. The van der Waals surface area contributed by atoms with Crippen LogP contribution in [0.1, 0.15) is 25.5 Å². The monoisotopic (exact) mass is 271 g/mol. The third kappa shape index (κ3) is 4.40. The standard InChI is InChI=1S/C13H21NO3S/c1-10(9-15)8-14-11(2)12-4-6-13(7-5-12)18(3,16)17/h4-7,10-11,14-15H,8-9H2,1-3H3. The Labute approximate surface area is 109 Å². The number of hydrogen-bond donors (Lipinski definition) is 2. The number of aliphatic hydroxyl groups excluding tert-OH is 1. The van der Waals surface area contributed by atoms with E-state index in [1.807, 2.05) is 26.0 Å². The van der Waals surface area contributed by atoms with Gasteiger partial charge < -0.3 is 10.4 Å². The third-order valence-corrected chi connectivity index (χ3v) is 4.02. The van der Waals surface area contributed by atoms with Crippen molar-refractivity contribution in [2.24, 2.45) is 5.92 Å². The van der Waals surface area contributed by atoms with E-state index in [2.05, 4.69) is 5.32 Å². The second-order valence-corrected chi connectivity index (χ2v) is 6.77. The minimum Gasteiger partial charge on any atom is -0.396 e. The van der Waals surface area contributed by atoms with E-state index in [1.54, 1.807) is 12.1 Å². The van der Waals surface area contributed by atoms with Crippen molar-refractivity contribution in [2.75, 3.05) is 19.4 Å². The predicted octanol–water partition coefficient (Wildman–Crippen LogP) is 1.37. The molecule has 1 rings (SSSR count). The van der Waals surface area contributed by atoms with E-state index in [9.17, 15) is 8.42 Å². The molecule has 0 radical (unpaired) electrons. The molecule has 0 saturated carbocycles. The van der Waals surface area contributed by atoms with E-state index < -0.39 is 9.84 Å². The van der Waals surface area contributed by atoms with Gasteiger partial charge in [0.1, 0.15) is 0 Å². The zero-order valence-electron chi connectivity index (χ0n) is 11.1. The molecule has 5 heteroatoms. The SMILES string of the molecule is CC(CO)CNC(C)c1ccc(S(C)(=O)=O)cc1. The minimum absolute atomic E-state index is 0.132. The Kier molecular flexibility index (Phi) is 5.31. The molecule has 1 aromatic carbocycles. The Morgan fingerprint density at radius 3 is 2.22 bits per heavy atom. The summed E-state index contributed by atoms with van der Waals surface area (Å²) in [6, 6.07) is 7.01. The zero-order chi connectivity index (χ0) is 13.8. The lowest BCUT2D eigenvalue weighted by Gasteiger charge is -2.17. The van der Waals surface area contributed by atoms with E-state index in [-0.39, 0.29) is 18.6 Å². The molecular weight excluding hydrogens is 250 g/mol. The van der Waals surface area contributed by atoms with Gasteiger partial charge in [0.15, 0.2) is 9.84 Å². The summed E-state index contributed by atoms with van der Waals surface area (Å²) in [6.07, 6.45) is 1.20. The van der Waals surface area contributed by atoms with Gasteiger partial charge in [0, 0.05) is 25.4 Å². The Morgan fingerprint density at radius 2 is 1.78 bits per heavy atom. The van der Waals surface area contributed by atoms with Gasteiger partial charge in [-0.1, -0.05) is 19.1 Å². The van der Waals surface area contributed by atoms with Crippen molar-refractivity contribution in [3.63, 3.8) is 0 Å². The van der Waals surface area contributed by atoms with Crippen molar-refractivity contribution in [1.29, 1.82) is 0 Å². The molecule has 2 atom stereocenters. The minimum atomic E-state index is -3.13. The van der Waals surface area contributed by atoms with Crippen molar-refractivity contribution in [3.8, 4) is 0 Å². The van der Waals surface area contributed by atoms with Gasteiger partial charge in [-0.15, -0.1) is 0 Å². The molecule has 0 spiro atoms. The second-order valence-electron chi connectivity index (χ2n) is 4.76. The fourth-order valence-corrected chi connectivity index (χ4v) is 2.19. The van der Waals surface area contributed by atoms with Gasteiger partial charge in [-0.2, -0.15) is 0 Å². The summed E-state index contributed by atoms with van der Waals surface area (Å²) in [4.78, 5) is 0.335. The highest BCUT2D eigenvalue weighted by Crippen LogP contribution is 2.16. The predicted molar refractivity (Wildman–Crippen MR) is 72.2 cm³/mol. The number of hydrogen-bond acceptors (Lipinski definition) is 4. The average Bonchev–Trinajstić information content (AvgIpc) is 2.34. The van der Waals surface area contributed by atoms with Gasteiger partial charge in [0.2, 0.25) is 0 Å². The highest BCUT2D eigenvalue weighted by atomic mass is 32.2. The summed E-state index contributed by atoms with van der Waals surface area (Å²) in [5.41, 5.74) is 1.03. The lowest BCUT2D eigenvalue weighted by molar-refractivity contribution is 0.231. The molecule has 1 aromatic rings. The Balaban J connectivity index is 2.68. The molecule has 0 fully saturated rings. The summed E-state index contributed by atoms with van der Waals surface area (Å²) < 4.78 is 22.6. The quantitative estimate of drug-likeness (QED) is 0.820. The summed E-state index contributed by atoms with van der Waals surface area (Å²) in [6.45, 7) is 4.87. The maximum absolute atomic E-state index is 11.3. The lowest BCUT2D eigenvalue weighted by Crippen LogP contribution is -2.26. The molecule has 0 saturated heterocycles. The summed E-state index contributed by atoms with van der Waals surface area (Å²) in [5.74, 6) is 0.211. The Morgan fingerprint density at radius 1 is 1.22 bits per heavy atom. The van der Waals surface area contributed by atoms with E-state index in [0.717, 1.165) is 12.1 Å². The molecule has 4 nitrogen and oxygen atoms in total. The summed E-state index contributed by atoms with van der Waals surface area (Å²) in [5, 5.41) is 12.2. The van der Waals surface area contributed by atoms with Crippen LogP contribution < -0.4 is 5.32 Å². The molecule has 2 unspecified atom stereocenters. The van der Waals surface area contributed by atoms with E-state index in [1.165, 1.54) is 6.26 Å². The van der Waals surface area contributed by atoms with Gasteiger partial charge in [-0.05, 0) is 30.5 Å². The molecule has 0 aromatic heterocycles. The smallest absolute Gasteiger partial charge is 0.175 e. The molecule has 2 N–H and O–H groups in total. The second kappa shape index (κ2) is 6.31. The van der Waals surface area contributed by atoms with Crippen LogP contribution in [0.25, 0.3) is 0 Å². The van der Waals surface area contributed by atoms with Crippen LogP contribution in [0, 0.1) is 5.92 Å². The first-order chi connectivity index (χ1) is 8.34. The first-order valence-electron chi connectivity index (χ1n) is 5.99. The van der Waals surface area contributed by atoms with Crippen molar-refractivity contribution < 1.29 is 13.5 Å². The fourth-order valence-electron chi connectivity index (χ4n) is 1.56. The van der Waals surface area contributed by atoms with Crippen molar-refractivity contribution in [2.45, 2.75) is 24.8 Å². The van der Waals surface area contributed by atoms with Gasteiger partial charge in [-0.25, -0.2) is 8.42 Å². The van der Waals surface area contributed by atoms with Crippen LogP contribution in [0.5, 0.6) is 0 Å². The topological polar surface area (TPSA) is 66.4 Å². The molecule has 0 bridgehead atoms. The van der Waals surface area contributed by atoms with Crippen molar-refractivity contribution >= 4 is 9.84 Å². The van der Waals surface area contributed by atoms with Gasteiger partial charge in [0.25, 0.3) is 0 Å². The molecule has 0 amide bonds. The molecule has 0 aliphatic heterocycles. The normalized spacial score (nSPS) is 15.3. The Bertz CT molecular complexity index is 468. The molecular formula is C13H21NO3S. The van der Waals surface area contributed by atoms with Crippen LogP contribution in [-0.2, 0) is 9.84 Å². The highest BCUT2D eigenvalue weighted by molar-refractivity contribution is 7.90. The zero-order valence-corrected chi connectivity index (χ0v) is 11.9. The van der Waals surface area contributed by atoms with Crippen LogP contribution in [0.15, 0.2) is 29.2 Å². The maximum Gasteiger partial charge on any atom is 0.175 e. The van der Waals surface area contributed by atoms with Crippen LogP contribution >= 0.6 is 0 Å². The molecule has 18 heavy (non-hydrogen) atoms. The average molecular weight is 271 g/mol. The lowest BCUT2D eigenvalue weighted by atomic mass is 10.1. The van der Waals surface area contributed by atoms with Crippen LogP contribution in [0.2, 0.25) is 0 Å². The van der Waals surface area contributed by atoms with E-state index in [0.29, 0.717) is 4.90 Å².